The van der Waals surface area contributed by atoms with Crippen LogP contribution in [0.2, 0.25) is 0 Å². The van der Waals surface area contributed by atoms with Gasteiger partial charge in [0.25, 0.3) is 0 Å². The highest BCUT2D eigenvalue weighted by atomic mass is 15.0. The average molecular weight is 281 g/mol. The van der Waals surface area contributed by atoms with Gasteiger partial charge in [-0.05, 0) is 62.6 Å². The fourth-order valence-electron chi connectivity index (χ4n) is 3.77. The number of imidazole rings is 1. The van der Waals surface area contributed by atoms with Gasteiger partial charge >= 0.3 is 0 Å². The number of nitrogens with zero attached hydrogens (tertiary/aromatic N) is 1. The van der Waals surface area contributed by atoms with E-state index in [0.717, 1.165) is 18.8 Å². The second-order valence-corrected chi connectivity index (χ2v) is 6.62. The molecule has 0 bridgehead atoms. The van der Waals surface area contributed by atoms with Crippen LogP contribution in [0.15, 0.2) is 35.6 Å². The Labute approximate surface area is 126 Å². The summed E-state index contributed by atoms with van der Waals surface area (Å²) < 4.78 is 0. The first-order chi connectivity index (χ1) is 10.3. The van der Waals surface area contributed by atoms with E-state index in [1.807, 2.05) is 6.20 Å². The first-order valence-electron chi connectivity index (χ1n) is 8.16. The van der Waals surface area contributed by atoms with Crippen LogP contribution in [-0.4, -0.2) is 16.5 Å². The van der Waals surface area contributed by atoms with Crippen molar-refractivity contribution in [1.82, 2.24) is 15.3 Å². The maximum atomic E-state index is 4.60. The molecule has 0 saturated carbocycles. The summed E-state index contributed by atoms with van der Waals surface area (Å²) in [6.45, 7) is 3.36. The molecule has 1 aromatic heterocycles. The van der Waals surface area contributed by atoms with E-state index in [1.165, 1.54) is 48.1 Å². The van der Waals surface area contributed by atoms with Crippen LogP contribution in [0.4, 0.5) is 0 Å². The van der Waals surface area contributed by atoms with Gasteiger partial charge < -0.3 is 10.3 Å². The normalized spacial score (nSPS) is 28.7. The van der Waals surface area contributed by atoms with E-state index in [-0.39, 0.29) is 0 Å². The number of aromatic nitrogens is 2. The van der Waals surface area contributed by atoms with Crippen molar-refractivity contribution in [2.75, 3.05) is 6.54 Å². The lowest BCUT2D eigenvalue weighted by molar-refractivity contribution is 0.559. The average Bonchev–Trinajstić information content (AvgIpc) is 3.17. The Kier molecular flexibility index (Phi) is 3.30. The number of fused-ring (bicyclic) bond motifs is 1. The van der Waals surface area contributed by atoms with Crippen molar-refractivity contribution < 1.29 is 0 Å². The molecule has 0 amide bonds. The Morgan fingerprint density at radius 1 is 1.24 bits per heavy atom. The van der Waals surface area contributed by atoms with Crippen LogP contribution in [0.25, 0.3) is 5.57 Å². The predicted molar refractivity (Wildman–Crippen MR) is 85.7 cm³/mol. The molecule has 3 aliphatic rings. The number of allylic oxidation sites excluding steroid dienone is 6. The molecule has 2 heterocycles. The van der Waals surface area contributed by atoms with E-state index in [9.17, 15) is 0 Å². The molecule has 1 saturated heterocycles. The van der Waals surface area contributed by atoms with Crippen LogP contribution in [0.5, 0.6) is 0 Å². The molecule has 3 nitrogen and oxygen atoms in total. The number of H-pyrrole nitrogens is 1. The zero-order valence-corrected chi connectivity index (χ0v) is 12.7. The summed E-state index contributed by atoms with van der Waals surface area (Å²) in [5, 5.41) is 3.51. The summed E-state index contributed by atoms with van der Waals surface area (Å²) >= 11 is 0. The Morgan fingerprint density at radius 3 is 3.05 bits per heavy atom. The zero-order valence-electron chi connectivity index (χ0n) is 12.7. The standard InChI is InChI=1S/C18H23N3/c1-12-4-5-14-10-15(7-6-13(14)9-12)17-11-20-18(21-17)16-3-2-8-19-16/h6-7,9,11,14,16,19H,2-5,8,10H2,1H3,(H,20,21). The molecule has 2 atom stereocenters. The molecule has 2 aliphatic carbocycles. The third-order valence-electron chi connectivity index (χ3n) is 5.05. The van der Waals surface area contributed by atoms with Crippen molar-refractivity contribution in [3.8, 4) is 0 Å². The number of hydrogen-bond acceptors (Lipinski definition) is 2. The van der Waals surface area contributed by atoms with E-state index in [1.54, 1.807) is 0 Å². The molecule has 0 aromatic carbocycles. The first-order valence-corrected chi connectivity index (χ1v) is 8.16. The monoisotopic (exact) mass is 281 g/mol. The highest BCUT2D eigenvalue weighted by Crippen LogP contribution is 2.38. The SMILES string of the molecule is CC1=CC2=CC=C(c3cnc(C4CCCN4)[nH]3)CC2CC1. The van der Waals surface area contributed by atoms with Crippen LogP contribution in [0.3, 0.4) is 0 Å². The van der Waals surface area contributed by atoms with Crippen molar-refractivity contribution >= 4 is 5.57 Å². The zero-order chi connectivity index (χ0) is 14.2. The van der Waals surface area contributed by atoms with Gasteiger partial charge in [-0.3, -0.25) is 0 Å². The van der Waals surface area contributed by atoms with Crippen LogP contribution in [0, 0.1) is 5.92 Å². The maximum Gasteiger partial charge on any atom is 0.123 e. The second-order valence-electron chi connectivity index (χ2n) is 6.62. The Bertz CT molecular complexity index is 627. The van der Waals surface area contributed by atoms with E-state index >= 15 is 0 Å². The van der Waals surface area contributed by atoms with Gasteiger partial charge in [0.1, 0.15) is 5.82 Å². The van der Waals surface area contributed by atoms with Gasteiger partial charge in [-0.1, -0.05) is 23.8 Å². The van der Waals surface area contributed by atoms with Crippen molar-refractivity contribution in [3.63, 3.8) is 0 Å². The van der Waals surface area contributed by atoms with Crippen molar-refractivity contribution in [2.45, 2.75) is 45.1 Å². The quantitative estimate of drug-likeness (QED) is 0.863. The van der Waals surface area contributed by atoms with Gasteiger partial charge in [0, 0.05) is 0 Å². The lowest BCUT2D eigenvalue weighted by Gasteiger charge is -2.27. The molecule has 110 valence electrons. The molecule has 0 spiro atoms. The molecular weight excluding hydrogens is 258 g/mol. The summed E-state index contributed by atoms with van der Waals surface area (Å²) in [6.07, 6.45) is 15.1. The van der Waals surface area contributed by atoms with E-state index in [2.05, 4.69) is 40.4 Å². The molecule has 3 heteroatoms. The van der Waals surface area contributed by atoms with Gasteiger partial charge in [-0.15, -0.1) is 0 Å². The molecule has 1 fully saturated rings. The van der Waals surface area contributed by atoms with Crippen LogP contribution >= 0.6 is 0 Å². The third-order valence-corrected chi connectivity index (χ3v) is 5.05. The summed E-state index contributed by atoms with van der Waals surface area (Å²) in [5.74, 6) is 1.81. The topological polar surface area (TPSA) is 40.7 Å². The van der Waals surface area contributed by atoms with Crippen molar-refractivity contribution in [2.24, 2.45) is 5.92 Å². The van der Waals surface area contributed by atoms with Gasteiger partial charge in [-0.25, -0.2) is 4.98 Å². The van der Waals surface area contributed by atoms with E-state index < -0.39 is 0 Å². The smallest absolute Gasteiger partial charge is 0.123 e. The minimum absolute atomic E-state index is 0.425. The molecule has 2 unspecified atom stereocenters. The minimum Gasteiger partial charge on any atom is -0.341 e. The fourth-order valence-corrected chi connectivity index (χ4v) is 3.77. The Morgan fingerprint density at radius 2 is 2.19 bits per heavy atom. The van der Waals surface area contributed by atoms with Crippen molar-refractivity contribution in [1.29, 1.82) is 0 Å². The molecule has 1 aromatic rings. The fraction of sp³-hybridized carbons (Fsp3) is 0.500. The predicted octanol–water partition coefficient (Wildman–Crippen LogP) is 3.90. The molecular formula is C18H23N3. The molecule has 0 radical (unpaired) electrons. The number of nitrogens with one attached hydrogen (secondary N) is 2. The largest absolute Gasteiger partial charge is 0.341 e. The highest BCUT2D eigenvalue weighted by molar-refractivity contribution is 5.67. The maximum absolute atomic E-state index is 4.60. The summed E-state index contributed by atoms with van der Waals surface area (Å²) in [6, 6.07) is 0.425. The lowest BCUT2D eigenvalue weighted by Crippen LogP contribution is -2.14. The van der Waals surface area contributed by atoms with Gasteiger partial charge in [0.2, 0.25) is 0 Å². The summed E-state index contributed by atoms with van der Waals surface area (Å²) in [5.41, 5.74) is 5.65. The minimum atomic E-state index is 0.425. The van der Waals surface area contributed by atoms with Crippen LogP contribution in [-0.2, 0) is 0 Å². The third kappa shape index (κ3) is 2.51. The van der Waals surface area contributed by atoms with Crippen LogP contribution < -0.4 is 5.32 Å². The summed E-state index contributed by atoms with van der Waals surface area (Å²) in [7, 11) is 0. The van der Waals surface area contributed by atoms with Gasteiger partial charge in [-0.2, -0.15) is 0 Å². The summed E-state index contributed by atoms with van der Waals surface area (Å²) in [4.78, 5) is 8.14. The Balaban J connectivity index is 1.57. The number of rotatable bonds is 2. The molecule has 21 heavy (non-hydrogen) atoms. The molecule has 1 aliphatic heterocycles. The number of aromatic amines is 1. The van der Waals surface area contributed by atoms with Crippen LogP contribution in [0.1, 0.15) is 56.6 Å². The van der Waals surface area contributed by atoms with E-state index in [4.69, 9.17) is 0 Å². The molecule has 4 rings (SSSR count). The van der Waals surface area contributed by atoms with Crippen molar-refractivity contribution in [3.05, 3.63) is 47.1 Å². The lowest BCUT2D eigenvalue weighted by atomic mass is 9.78. The molecule has 2 N–H and O–H groups in total. The van der Waals surface area contributed by atoms with Gasteiger partial charge in [0.05, 0.1) is 17.9 Å². The van der Waals surface area contributed by atoms with Gasteiger partial charge in [0.15, 0.2) is 0 Å². The first kappa shape index (κ1) is 13.1. The second kappa shape index (κ2) is 5.30. The number of hydrogen-bond donors (Lipinski definition) is 2. The Hall–Kier alpha value is -1.61. The van der Waals surface area contributed by atoms with E-state index in [0.29, 0.717) is 12.0 Å². The highest BCUT2D eigenvalue weighted by Gasteiger charge is 2.24.